The van der Waals surface area contributed by atoms with Gasteiger partial charge >= 0.3 is 5.97 Å². The van der Waals surface area contributed by atoms with Gasteiger partial charge in [0.05, 0.1) is 25.4 Å². The summed E-state index contributed by atoms with van der Waals surface area (Å²) in [6.45, 7) is 4.89. The number of aliphatic hydroxyl groups is 2. The number of esters is 1. The number of amides is 1. The van der Waals surface area contributed by atoms with Crippen LogP contribution in [0.1, 0.15) is 328 Å². The van der Waals surface area contributed by atoms with Crippen molar-refractivity contribution in [2.45, 2.75) is 341 Å². The zero-order chi connectivity index (χ0) is 47.2. The Bertz CT molecular complexity index is 970. The Labute approximate surface area is 406 Å². The van der Waals surface area contributed by atoms with E-state index in [1.165, 1.54) is 244 Å². The van der Waals surface area contributed by atoms with Gasteiger partial charge in [0.2, 0.25) is 5.91 Å². The van der Waals surface area contributed by atoms with Gasteiger partial charge in [0, 0.05) is 12.8 Å². The summed E-state index contributed by atoms with van der Waals surface area (Å²) >= 11 is 0. The number of unbranched alkanes of at least 4 members (excludes halogenated alkanes) is 44. The Balaban J connectivity index is 3.47. The highest BCUT2D eigenvalue weighted by Crippen LogP contribution is 2.17. The molecule has 0 aromatic rings. The minimum atomic E-state index is -0.856. The fourth-order valence-electron chi connectivity index (χ4n) is 9.28. The van der Waals surface area contributed by atoms with Gasteiger partial charge in [-0.05, 0) is 32.1 Å². The van der Waals surface area contributed by atoms with Crippen molar-refractivity contribution in [1.29, 1.82) is 0 Å². The zero-order valence-electron chi connectivity index (χ0n) is 44.0. The van der Waals surface area contributed by atoms with Gasteiger partial charge in [0.15, 0.2) is 0 Å². The highest BCUT2D eigenvalue weighted by Gasteiger charge is 2.18. The molecule has 65 heavy (non-hydrogen) atoms. The van der Waals surface area contributed by atoms with Gasteiger partial charge in [-0.3, -0.25) is 9.59 Å². The molecule has 0 saturated heterocycles. The summed E-state index contributed by atoms with van der Waals surface area (Å²) in [6, 6.07) is -0.641. The molecule has 0 fully saturated rings. The van der Waals surface area contributed by atoms with Crippen molar-refractivity contribution in [3.63, 3.8) is 0 Å². The normalized spacial score (nSPS) is 12.6. The van der Waals surface area contributed by atoms with Gasteiger partial charge in [-0.1, -0.05) is 296 Å². The largest absolute Gasteiger partial charge is 0.466 e. The third-order valence-electron chi connectivity index (χ3n) is 13.8. The number of carbonyl (C=O) groups excluding carboxylic acids is 2. The molecule has 386 valence electrons. The molecule has 0 aromatic carbocycles. The first-order chi connectivity index (χ1) is 32.0. The molecule has 0 heterocycles. The fourth-order valence-corrected chi connectivity index (χ4v) is 9.28. The van der Waals surface area contributed by atoms with Gasteiger partial charge in [-0.2, -0.15) is 0 Å². The first-order valence-corrected chi connectivity index (χ1v) is 29.5. The van der Waals surface area contributed by atoms with E-state index in [2.05, 4.69) is 19.2 Å². The van der Waals surface area contributed by atoms with Crippen molar-refractivity contribution >= 4 is 11.9 Å². The molecule has 0 aromatic heterocycles. The minimum Gasteiger partial charge on any atom is -0.466 e. The molecule has 0 aliphatic carbocycles. The number of hydrogen-bond acceptors (Lipinski definition) is 5. The van der Waals surface area contributed by atoms with Crippen LogP contribution in [-0.4, -0.2) is 47.4 Å². The topological polar surface area (TPSA) is 95.9 Å². The minimum absolute atomic E-state index is 0.0102. The van der Waals surface area contributed by atoms with Crippen molar-refractivity contribution in [3.05, 3.63) is 12.2 Å². The van der Waals surface area contributed by atoms with E-state index in [1.807, 2.05) is 6.08 Å². The van der Waals surface area contributed by atoms with E-state index in [-0.39, 0.29) is 18.5 Å². The van der Waals surface area contributed by atoms with Crippen molar-refractivity contribution in [2.24, 2.45) is 0 Å². The van der Waals surface area contributed by atoms with Gasteiger partial charge in [0.25, 0.3) is 0 Å². The van der Waals surface area contributed by atoms with Crippen LogP contribution in [0, 0.1) is 0 Å². The average Bonchev–Trinajstić information content (AvgIpc) is 3.31. The molecular weight excluding hydrogens is 803 g/mol. The molecule has 6 heteroatoms. The standard InChI is InChI=1S/C59H115NO5/c1-3-5-7-9-11-13-15-17-19-21-23-24-26-28-31-35-39-43-47-51-57(62)56(55-61)60-58(63)52-48-44-40-36-32-30-34-38-42-46-50-54-65-59(64)53-49-45-41-37-33-29-27-25-22-20-18-16-14-12-10-8-6-4-2/h47,51,56-57,61-62H,3-46,48-50,52-55H2,1-2H3,(H,60,63)/b51-47+. The molecule has 0 radical (unpaired) electrons. The number of allylic oxidation sites excluding steroid dienone is 1. The maximum atomic E-state index is 12.5. The highest BCUT2D eigenvalue weighted by molar-refractivity contribution is 5.76. The summed E-state index contributed by atoms with van der Waals surface area (Å²) < 4.78 is 5.48. The van der Waals surface area contributed by atoms with Crippen LogP contribution in [0.4, 0.5) is 0 Å². The van der Waals surface area contributed by atoms with Crippen molar-refractivity contribution < 1.29 is 24.5 Å². The van der Waals surface area contributed by atoms with E-state index in [0.29, 0.717) is 19.4 Å². The first-order valence-electron chi connectivity index (χ1n) is 29.5. The molecule has 1 amide bonds. The monoisotopic (exact) mass is 918 g/mol. The summed E-state index contributed by atoms with van der Waals surface area (Å²) in [5, 5.41) is 23.1. The molecule has 0 bridgehead atoms. The average molecular weight is 919 g/mol. The molecule has 2 unspecified atom stereocenters. The smallest absolute Gasteiger partial charge is 0.305 e. The second kappa shape index (κ2) is 55.2. The lowest BCUT2D eigenvalue weighted by atomic mass is 10.0. The molecular formula is C59H115NO5. The second-order valence-corrected chi connectivity index (χ2v) is 20.3. The molecule has 0 saturated carbocycles. The van der Waals surface area contributed by atoms with Crippen LogP contribution in [0.15, 0.2) is 12.2 Å². The molecule has 3 N–H and O–H groups in total. The maximum Gasteiger partial charge on any atom is 0.305 e. The van der Waals surface area contributed by atoms with Crippen LogP contribution in [0.25, 0.3) is 0 Å². The van der Waals surface area contributed by atoms with Crippen molar-refractivity contribution in [1.82, 2.24) is 5.32 Å². The number of rotatable bonds is 55. The summed E-state index contributed by atoms with van der Waals surface area (Å²) in [5.74, 6) is -0.0934. The summed E-state index contributed by atoms with van der Waals surface area (Å²) in [5.41, 5.74) is 0. The fraction of sp³-hybridized carbons (Fsp3) is 0.932. The number of carbonyl (C=O) groups is 2. The Kier molecular flexibility index (Phi) is 54.0. The van der Waals surface area contributed by atoms with Crippen molar-refractivity contribution in [3.8, 4) is 0 Å². The highest BCUT2D eigenvalue weighted by atomic mass is 16.5. The zero-order valence-corrected chi connectivity index (χ0v) is 44.0. The van der Waals surface area contributed by atoms with Gasteiger partial charge in [-0.25, -0.2) is 0 Å². The summed E-state index contributed by atoms with van der Waals surface area (Å²) in [7, 11) is 0. The molecule has 0 rings (SSSR count). The number of aliphatic hydroxyl groups excluding tert-OH is 2. The van der Waals surface area contributed by atoms with Crippen LogP contribution < -0.4 is 5.32 Å². The first kappa shape index (κ1) is 63.6. The van der Waals surface area contributed by atoms with E-state index in [9.17, 15) is 19.8 Å². The Morgan fingerprint density at radius 3 is 1.05 bits per heavy atom. The predicted octanol–water partition coefficient (Wildman–Crippen LogP) is 18.1. The molecule has 0 aliphatic heterocycles. The predicted molar refractivity (Wildman–Crippen MR) is 283 cm³/mol. The molecule has 2 atom stereocenters. The Morgan fingerprint density at radius 1 is 0.415 bits per heavy atom. The van der Waals surface area contributed by atoms with Gasteiger partial charge in [0.1, 0.15) is 0 Å². The number of nitrogens with one attached hydrogen (secondary N) is 1. The van der Waals surface area contributed by atoms with Gasteiger partial charge < -0.3 is 20.3 Å². The lowest BCUT2D eigenvalue weighted by molar-refractivity contribution is -0.143. The summed E-state index contributed by atoms with van der Waals surface area (Å²) in [4.78, 5) is 24.6. The SMILES string of the molecule is CCCCCCCCCCCCCCCCCCC/C=C/C(O)C(CO)NC(=O)CCCCCCCCCCCCCOC(=O)CCCCCCCCCCCCCCCCCCCC. The summed E-state index contributed by atoms with van der Waals surface area (Å²) in [6.07, 6.45) is 65.2. The molecule has 6 nitrogen and oxygen atoms in total. The van der Waals surface area contributed by atoms with E-state index in [1.54, 1.807) is 6.08 Å². The number of ether oxygens (including phenoxy) is 1. The van der Waals surface area contributed by atoms with Gasteiger partial charge in [-0.15, -0.1) is 0 Å². The van der Waals surface area contributed by atoms with Crippen LogP contribution in [0.3, 0.4) is 0 Å². The van der Waals surface area contributed by atoms with Crippen LogP contribution in [-0.2, 0) is 14.3 Å². The number of hydrogen-bond donors (Lipinski definition) is 3. The lowest BCUT2D eigenvalue weighted by Gasteiger charge is -2.20. The Morgan fingerprint density at radius 2 is 0.708 bits per heavy atom. The van der Waals surface area contributed by atoms with Crippen molar-refractivity contribution in [2.75, 3.05) is 13.2 Å². The quantitative estimate of drug-likeness (QED) is 0.0321. The lowest BCUT2D eigenvalue weighted by Crippen LogP contribution is -2.45. The van der Waals surface area contributed by atoms with E-state index >= 15 is 0 Å². The molecule has 0 spiro atoms. The second-order valence-electron chi connectivity index (χ2n) is 20.3. The third-order valence-corrected chi connectivity index (χ3v) is 13.8. The molecule has 0 aliphatic rings. The van der Waals surface area contributed by atoms with Crippen LogP contribution in [0.5, 0.6) is 0 Å². The van der Waals surface area contributed by atoms with E-state index in [0.717, 1.165) is 57.8 Å². The Hall–Kier alpha value is -1.40. The third kappa shape index (κ3) is 51.8. The van der Waals surface area contributed by atoms with E-state index in [4.69, 9.17) is 4.74 Å². The van der Waals surface area contributed by atoms with Crippen LogP contribution in [0.2, 0.25) is 0 Å². The van der Waals surface area contributed by atoms with E-state index < -0.39 is 12.1 Å². The maximum absolute atomic E-state index is 12.5. The van der Waals surface area contributed by atoms with Crippen LogP contribution >= 0.6 is 0 Å².